The van der Waals surface area contributed by atoms with Gasteiger partial charge in [-0.1, -0.05) is 0 Å². The summed E-state index contributed by atoms with van der Waals surface area (Å²) in [5.41, 5.74) is -0.640. The lowest BCUT2D eigenvalue weighted by Gasteiger charge is -2.30. The minimum absolute atomic E-state index is 0.309. The van der Waals surface area contributed by atoms with Crippen molar-refractivity contribution in [1.82, 2.24) is 9.62 Å². The summed E-state index contributed by atoms with van der Waals surface area (Å²) in [4.78, 5) is 1.35. The van der Waals surface area contributed by atoms with Gasteiger partial charge in [0.15, 0.2) is 5.82 Å². The molecule has 0 aromatic heterocycles. The summed E-state index contributed by atoms with van der Waals surface area (Å²) < 4.78 is 54.2. The molecular formula is C13H18F2N2O3S. The fraction of sp³-hybridized carbons (Fsp3) is 0.538. The van der Waals surface area contributed by atoms with E-state index in [0.717, 1.165) is 25.1 Å². The lowest BCUT2D eigenvalue weighted by molar-refractivity contribution is 0.242. The highest BCUT2D eigenvalue weighted by Crippen LogP contribution is 2.22. The Hall–Kier alpha value is -1.09. The van der Waals surface area contributed by atoms with Crippen LogP contribution in [0.1, 0.15) is 18.4 Å². The Balaban J connectivity index is 2.27. The van der Waals surface area contributed by atoms with Crippen molar-refractivity contribution in [3.8, 4) is 0 Å². The molecule has 5 nitrogen and oxygen atoms in total. The van der Waals surface area contributed by atoms with Crippen LogP contribution in [-0.4, -0.2) is 44.6 Å². The van der Waals surface area contributed by atoms with E-state index in [0.29, 0.717) is 13.0 Å². The predicted octanol–water partition coefficient (Wildman–Crippen LogP) is 0.830. The van der Waals surface area contributed by atoms with Gasteiger partial charge in [-0.25, -0.2) is 21.9 Å². The van der Waals surface area contributed by atoms with Gasteiger partial charge in [-0.05, 0) is 38.6 Å². The third-order valence-corrected chi connectivity index (χ3v) is 5.08. The molecule has 2 rings (SSSR count). The monoisotopic (exact) mass is 320 g/mol. The summed E-state index contributed by atoms with van der Waals surface area (Å²) in [5.74, 6) is -2.21. The van der Waals surface area contributed by atoms with E-state index in [-0.39, 0.29) is 6.04 Å². The number of likely N-dealkylation sites (N-methyl/N-ethyl adjacent to an activating group) is 1. The third kappa shape index (κ3) is 3.57. The van der Waals surface area contributed by atoms with Crippen LogP contribution >= 0.6 is 0 Å². The number of hydrogen-bond donors (Lipinski definition) is 2. The number of benzene rings is 1. The fourth-order valence-corrected chi connectivity index (χ4v) is 3.84. The maximum absolute atomic E-state index is 14.0. The van der Waals surface area contributed by atoms with Gasteiger partial charge in [0.2, 0.25) is 10.0 Å². The van der Waals surface area contributed by atoms with Gasteiger partial charge in [0, 0.05) is 12.6 Å². The van der Waals surface area contributed by atoms with E-state index >= 15 is 0 Å². The van der Waals surface area contributed by atoms with E-state index in [9.17, 15) is 17.2 Å². The van der Waals surface area contributed by atoms with Crippen LogP contribution in [0, 0.1) is 11.6 Å². The molecule has 118 valence electrons. The molecule has 1 unspecified atom stereocenters. The van der Waals surface area contributed by atoms with Crippen molar-refractivity contribution in [3.05, 3.63) is 29.3 Å². The van der Waals surface area contributed by atoms with Crippen LogP contribution in [0.5, 0.6) is 0 Å². The van der Waals surface area contributed by atoms with E-state index in [1.807, 2.05) is 11.9 Å². The number of piperidine rings is 1. The molecule has 8 heteroatoms. The number of nitrogens with zero attached hydrogens (tertiary/aromatic N) is 1. The second-order valence-corrected chi connectivity index (χ2v) is 6.90. The van der Waals surface area contributed by atoms with Gasteiger partial charge in [-0.2, -0.15) is 0 Å². The molecule has 1 aliphatic heterocycles. The van der Waals surface area contributed by atoms with E-state index < -0.39 is 38.7 Å². The zero-order valence-electron chi connectivity index (χ0n) is 11.6. The van der Waals surface area contributed by atoms with Gasteiger partial charge in [-0.15, -0.1) is 0 Å². The first kappa shape index (κ1) is 16.3. The lowest BCUT2D eigenvalue weighted by Crippen LogP contribution is -2.46. The van der Waals surface area contributed by atoms with Crippen LogP contribution in [0.3, 0.4) is 0 Å². The average molecular weight is 320 g/mol. The van der Waals surface area contributed by atoms with Crippen molar-refractivity contribution in [2.75, 3.05) is 20.1 Å². The highest BCUT2D eigenvalue weighted by atomic mass is 32.2. The molecule has 0 amide bonds. The van der Waals surface area contributed by atoms with E-state index in [2.05, 4.69) is 4.72 Å². The minimum atomic E-state index is -4.09. The molecule has 1 atom stereocenters. The van der Waals surface area contributed by atoms with Crippen LogP contribution in [0.25, 0.3) is 0 Å². The zero-order chi connectivity index (χ0) is 15.6. The Morgan fingerprint density at radius 1 is 1.43 bits per heavy atom. The van der Waals surface area contributed by atoms with Gasteiger partial charge >= 0.3 is 0 Å². The Kier molecular flexibility index (Phi) is 4.92. The van der Waals surface area contributed by atoms with Crippen molar-refractivity contribution in [3.63, 3.8) is 0 Å². The fourth-order valence-electron chi connectivity index (χ4n) is 2.47. The molecule has 0 bridgehead atoms. The van der Waals surface area contributed by atoms with Crippen molar-refractivity contribution in [2.24, 2.45) is 0 Å². The molecule has 0 spiro atoms. The van der Waals surface area contributed by atoms with Gasteiger partial charge < -0.3 is 10.0 Å². The van der Waals surface area contributed by atoms with Gasteiger partial charge in [-0.3, -0.25) is 0 Å². The largest absolute Gasteiger partial charge is 0.391 e. The normalized spacial score (nSPS) is 20.7. The van der Waals surface area contributed by atoms with E-state index in [4.69, 9.17) is 5.11 Å². The topological polar surface area (TPSA) is 69.6 Å². The zero-order valence-corrected chi connectivity index (χ0v) is 12.5. The number of aliphatic hydroxyl groups excluding tert-OH is 1. The first-order valence-electron chi connectivity index (χ1n) is 6.63. The maximum atomic E-state index is 14.0. The molecule has 1 aromatic carbocycles. The number of aliphatic hydroxyl groups is 1. The lowest BCUT2D eigenvalue weighted by atomic mass is 10.1. The SMILES string of the molecule is CN1CCCC(NS(=O)(=O)c2ccc(F)c(CO)c2F)C1. The van der Waals surface area contributed by atoms with Crippen LogP contribution in [-0.2, 0) is 16.6 Å². The summed E-state index contributed by atoms with van der Waals surface area (Å²) in [6.45, 7) is 0.528. The molecule has 1 aromatic rings. The van der Waals surface area contributed by atoms with Crippen LogP contribution < -0.4 is 4.72 Å². The summed E-state index contributed by atoms with van der Waals surface area (Å²) in [6, 6.07) is 1.41. The molecule has 1 heterocycles. The first-order chi connectivity index (χ1) is 9.85. The average Bonchev–Trinajstić information content (AvgIpc) is 2.38. The number of sulfonamides is 1. The second-order valence-electron chi connectivity index (χ2n) is 5.22. The molecule has 2 N–H and O–H groups in total. The minimum Gasteiger partial charge on any atom is -0.391 e. The molecular weight excluding hydrogens is 302 g/mol. The number of halogens is 2. The predicted molar refractivity (Wildman–Crippen MR) is 73.1 cm³/mol. The molecule has 1 aliphatic rings. The Labute approximate surface area is 122 Å². The van der Waals surface area contributed by atoms with Gasteiger partial charge in [0.05, 0.1) is 12.2 Å². The summed E-state index contributed by atoms with van der Waals surface area (Å²) >= 11 is 0. The Morgan fingerprint density at radius 3 is 2.76 bits per heavy atom. The van der Waals surface area contributed by atoms with E-state index in [1.54, 1.807) is 0 Å². The molecule has 21 heavy (non-hydrogen) atoms. The van der Waals surface area contributed by atoms with Crippen LogP contribution in [0.15, 0.2) is 17.0 Å². The summed E-state index contributed by atoms with van der Waals surface area (Å²) in [5, 5.41) is 8.94. The highest BCUT2D eigenvalue weighted by Gasteiger charge is 2.27. The van der Waals surface area contributed by atoms with Gasteiger partial charge in [0.25, 0.3) is 0 Å². The number of likely N-dealkylation sites (tertiary alicyclic amines) is 1. The number of nitrogens with one attached hydrogen (secondary N) is 1. The first-order valence-corrected chi connectivity index (χ1v) is 8.12. The number of rotatable bonds is 4. The molecule has 0 aliphatic carbocycles. The standard InChI is InChI=1S/C13H18F2N2O3S/c1-17-6-2-3-9(7-17)16-21(19,20)12-5-4-11(14)10(8-18)13(12)15/h4-5,9,16,18H,2-3,6-8H2,1H3. The Bertz CT molecular complexity index is 622. The van der Waals surface area contributed by atoms with Gasteiger partial charge in [0.1, 0.15) is 10.7 Å². The second kappa shape index (κ2) is 6.35. The molecule has 0 radical (unpaired) electrons. The molecule has 0 saturated carbocycles. The van der Waals surface area contributed by atoms with Crippen molar-refractivity contribution in [2.45, 2.75) is 30.4 Å². The Morgan fingerprint density at radius 2 is 2.14 bits per heavy atom. The van der Waals surface area contributed by atoms with Crippen molar-refractivity contribution < 1.29 is 22.3 Å². The number of hydrogen-bond acceptors (Lipinski definition) is 4. The van der Waals surface area contributed by atoms with E-state index in [1.165, 1.54) is 0 Å². The summed E-state index contributed by atoms with van der Waals surface area (Å²) in [6.07, 6.45) is 1.51. The molecule has 1 fully saturated rings. The third-order valence-electron chi connectivity index (χ3n) is 3.54. The van der Waals surface area contributed by atoms with Crippen LogP contribution in [0.2, 0.25) is 0 Å². The molecule has 1 saturated heterocycles. The van der Waals surface area contributed by atoms with Crippen molar-refractivity contribution >= 4 is 10.0 Å². The quantitative estimate of drug-likeness (QED) is 0.862. The summed E-state index contributed by atoms with van der Waals surface area (Å²) in [7, 11) is -2.22. The van der Waals surface area contributed by atoms with Crippen LogP contribution in [0.4, 0.5) is 8.78 Å². The van der Waals surface area contributed by atoms with Crippen molar-refractivity contribution in [1.29, 1.82) is 0 Å². The highest BCUT2D eigenvalue weighted by molar-refractivity contribution is 7.89. The smallest absolute Gasteiger partial charge is 0.243 e. The maximum Gasteiger partial charge on any atom is 0.243 e.